The Morgan fingerprint density at radius 3 is 1.89 bits per heavy atom. The maximum atomic E-state index is 12.6. The van der Waals surface area contributed by atoms with E-state index in [1.54, 1.807) is 11.8 Å². The first-order chi connectivity index (χ1) is 13.0. The molecule has 0 aliphatic rings. The molecule has 2 aromatic carbocycles. The molecule has 0 unspecified atom stereocenters. The van der Waals surface area contributed by atoms with Crippen molar-refractivity contribution in [2.24, 2.45) is 5.92 Å². The first-order valence-electron chi connectivity index (χ1n) is 9.59. The van der Waals surface area contributed by atoms with Gasteiger partial charge in [0.25, 0.3) is 0 Å². The molecule has 0 aromatic heterocycles. The molecule has 144 valence electrons. The van der Waals surface area contributed by atoms with Gasteiger partial charge in [-0.1, -0.05) is 74.5 Å². The molecule has 0 spiro atoms. The van der Waals surface area contributed by atoms with E-state index in [0.717, 1.165) is 11.1 Å². The predicted octanol–water partition coefficient (Wildman–Crippen LogP) is 3.83. The molecule has 27 heavy (non-hydrogen) atoms. The van der Waals surface area contributed by atoms with Crippen molar-refractivity contribution in [2.45, 2.75) is 33.1 Å². The second kappa shape index (κ2) is 10.5. The average Bonchev–Trinajstić information content (AvgIpc) is 2.66. The molecule has 0 aliphatic carbocycles. The molecule has 0 heterocycles. The average molecular weight is 367 g/mol. The minimum Gasteiger partial charge on any atom is -0.354 e. The Morgan fingerprint density at radius 2 is 1.44 bits per heavy atom. The number of carbonyl (C=O) groups excluding carboxylic acids is 2. The van der Waals surface area contributed by atoms with Gasteiger partial charge in [0, 0.05) is 38.9 Å². The molecule has 1 N–H and O–H groups in total. The molecular formula is C23H30N2O2. The molecule has 0 atom stereocenters. The number of benzene rings is 2. The summed E-state index contributed by atoms with van der Waals surface area (Å²) in [5, 5.41) is 2.98. The van der Waals surface area contributed by atoms with Gasteiger partial charge in [-0.05, 0) is 17.0 Å². The predicted molar refractivity (Wildman–Crippen MR) is 109 cm³/mol. The number of amides is 2. The van der Waals surface area contributed by atoms with Gasteiger partial charge in [0.1, 0.15) is 0 Å². The fourth-order valence-electron chi connectivity index (χ4n) is 3.20. The van der Waals surface area contributed by atoms with E-state index in [4.69, 9.17) is 0 Å². The summed E-state index contributed by atoms with van der Waals surface area (Å²) in [5.74, 6) is 0.474. The number of rotatable bonds is 9. The number of carbonyl (C=O) groups is 2. The molecule has 2 amide bonds. The Hall–Kier alpha value is -2.62. The zero-order chi connectivity index (χ0) is 19.6. The highest BCUT2D eigenvalue weighted by atomic mass is 16.2. The highest BCUT2D eigenvalue weighted by Gasteiger charge is 2.18. The third kappa shape index (κ3) is 6.89. The fourth-order valence-corrected chi connectivity index (χ4v) is 3.20. The Kier molecular flexibility index (Phi) is 8.05. The zero-order valence-corrected chi connectivity index (χ0v) is 16.5. The Morgan fingerprint density at radius 1 is 0.926 bits per heavy atom. The van der Waals surface area contributed by atoms with Gasteiger partial charge in [0.05, 0.1) is 0 Å². The lowest BCUT2D eigenvalue weighted by Crippen LogP contribution is -2.39. The van der Waals surface area contributed by atoms with Crippen LogP contribution in [0.2, 0.25) is 0 Å². The van der Waals surface area contributed by atoms with Crippen molar-refractivity contribution < 1.29 is 9.59 Å². The fraction of sp³-hybridized carbons (Fsp3) is 0.391. The number of nitrogens with zero attached hydrogens (tertiary/aromatic N) is 1. The Labute approximate surface area is 162 Å². The minimum absolute atomic E-state index is 0.000699. The van der Waals surface area contributed by atoms with Gasteiger partial charge < -0.3 is 10.2 Å². The first kappa shape index (κ1) is 20.7. The van der Waals surface area contributed by atoms with E-state index in [1.165, 1.54) is 0 Å². The summed E-state index contributed by atoms with van der Waals surface area (Å²) < 4.78 is 0. The maximum Gasteiger partial charge on any atom is 0.221 e. The quantitative estimate of drug-likeness (QED) is 0.733. The van der Waals surface area contributed by atoms with Crippen molar-refractivity contribution in [3.05, 3.63) is 71.8 Å². The number of hydrogen-bond donors (Lipinski definition) is 1. The van der Waals surface area contributed by atoms with Crippen LogP contribution in [0.5, 0.6) is 0 Å². The van der Waals surface area contributed by atoms with E-state index in [0.29, 0.717) is 32.0 Å². The van der Waals surface area contributed by atoms with Crippen LogP contribution in [0.15, 0.2) is 60.7 Å². The largest absolute Gasteiger partial charge is 0.354 e. The molecule has 2 rings (SSSR count). The lowest BCUT2D eigenvalue weighted by atomic mass is 9.88. The summed E-state index contributed by atoms with van der Waals surface area (Å²) >= 11 is 0. The maximum absolute atomic E-state index is 12.6. The van der Waals surface area contributed by atoms with E-state index in [2.05, 4.69) is 43.4 Å². The van der Waals surface area contributed by atoms with Crippen molar-refractivity contribution in [3.63, 3.8) is 0 Å². The monoisotopic (exact) mass is 366 g/mol. The molecule has 4 heteroatoms. The highest BCUT2D eigenvalue weighted by Crippen LogP contribution is 2.27. The van der Waals surface area contributed by atoms with E-state index in [1.807, 2.05) is 36.4 Å². The second-order valence-corrected chi connectivity index (χ2v) is 7.29. The third-order valence-electron chi connectivity index (χ3n) is 4.53. The molecule has 0 saturated carbocycles. The van der Waals surface area contributed by atoms with E-state index < -0.39 is 0 Å². The smallest absolute Gasteiger partial charge is 0.221 e. The van der Waals surface area contributed by atoms with E-state index in [-0.39, 0.29) is 17.7 Å². The van der Waals surface area contributed by atoms with Crippen LogP contribution < -0.4 is 5.32 Å². The summed E-state index contributed by atoms with van der Waals surface area (Å²) in [6, 6.07) is 20.2. The van der Waals surface area contributed by atoms with Crippen molar-refractivity contribution in [1.82, 2.24) is 10.2 Å². The van der Waals surface area contributed by atoms with Crippen molar-refractivity contribution in [3.8, 4) is 0 Å². The van der Waals surface area contributed by atoms with Crippen molar-refractivity contribution >= 4 is 11.8 Å². The highest BCUT2D eigenvalue weighted by molar-refractivity contribution is 5.77. The van der Waals surface area contributed by atoms with E-state index >= 15 is 0 Å². The summed E-state index contributed by atoms with van der Waals surface area (Å²) in [6.07, 6.45) is 0.387. The number of nitrogens with one attached hydrogen (secondary N) is 1. The van der Waals surface area contributed by atoms with Gasteiger partial charge >= 0.3 is 0 Å². The van der Waals surface area contributed by atoms with Crippen LogP contribution in [0.4, 0.5) is 0 Å². The summed E-state index contributed by atoms with van der Waals surface area (Å²) in [6.45, 7) is 7.46. The summed E-state index contributed by atoms with van der Waals surface area (Å²) in [7, 11) is 0. The third-order valence-corrected chi connectivity index (χ3v) is 4.53. The summed E-state index contributed by atoms with van der Waals surface area (Å²) in [4.78, 5) is 26.1. The SMILES string of the molecule is CC(=O)N(CCNC(=O)CC(c1ccccc1)c1ccccc1)CC(C)C. The van der Waals surface area contributed by atoms with Gasteiger partial charge in [-0.2, -0.15) is 0 Å². The van der Waals surface area contributed by atoms with E-state index in [9.17, 15) is 9.59 Å². The van der Waals surface area contributed by atoms with Gasteiger partial charge in [-0.25, -0.2) is 0 Å². The standard InChI is InChI=1S/C23H30N2O2/c1-18(2)17-25(19(3)26)15-14-24-23(27)16-22(20-10-6-4-7-11-20)21-12-8-5-9-13-21/h4-13,18,22H,14-17H2,1-3H3,(H,24,27). The van der Waals surface area contributed by atoms with Crippen LogP contribution in [-0.4, -0.2) is 36.3 Å². The van der Waals surface area contributed by atoms with Gasteiger partial charge in [0.15, 0.2) is 0 Å². The Balaban J connectivity index is 1.97. The molecule has 0 fully saturated rings. The van der Waals surface area contributed by atoms with Crippen molar-refractivity contribution in [2.75, 3.05) is 19.6 Å². The normalized spacial score (nSPS) is 10.9. The molecule has 0 saturated heterocycles. The molecule has 0 aliphatic heterocycles. The van der Waals surface area contributed by atoms with Crippen LogP contribution in [-0.2, 0) is 9.59 Å². The molecule has 0 radical (unpaired) electrons. The Bertz CT molecular complexity index is 674. The first-order valence-corrected chi connectivity index (χ1v) is 9.59. The lowest BCUT2D eigenvalue weighted by molar-refractivity contribution is -0.130. The minimum atomic E-state index is 0.000699. The van der Waals surface area contributed by atoms with Gasteiger partial charge in [-0.3, -0.25) is 9.59 Å². The number of hydrogen-bond acceptors (Lipinski definition) is 2. The van der Waals surface area contributed by atoms with Crippen LogP contribution in [0.3, 0.4) is 0 Å². The van der Waals surface area contributed by atoms with Crippen LogP contribution in [0, 0.1) is 5.92 Å². The summed E-state index contributed by atoms with van der Waals surface area (Å²) in [5.41, 5.74) is 2.26. The molecule has 2 aromatic rings. The van der Waals surface area contributed by atoms with Crippen LogP contribution in [0.1, 0.15) is 44.2 Å². The zero-order valence-electron chi connectivity index (χ0n) is 16.5. The molecule has 4 nitrogen and oxygen atoms in total. The second-order valence-electron chi connectivity index (χ2n) is 7.29. The van der Waals surface area contributed by atoms with Gasteiger partial charge in [-0.15, -0.1) is 0 Å². The van der Waals surface area contributed by atoms with Crippen LogP contribution >= 0.6 is 0 Å². The molecule has 0 bridgehead atoms. The van der Waals surface area contributed by atoms with Crippen LogP contribution in [0.25, 0.3) is 0 Å². The topological polar surface area (TPSA) is 49.4 Å². The van der Waals surface area contributed by atoms with Gasteiger partial charge in [0.2, 0.25) is 11.8 Å². The lowest BCUT2D eigenvalue weighted by Gasteiger charge is -2.23. The van der Waals surface area contributed by atoms with Crippen molar-refractivity contribution in [1.29, 1.82) is 0 Å². The molecular weight excluding hydrogens is 336 g/mol.